The Bertz CT molecular complexity index is 484. The molecule has 1 saturated heterocycles. The van der Waals surface area contributed by atoms with Gasteiger partial charge in [-0.15, -0.1) is 0 Å². The van der Waals surface area contributed by atoms with E-state index in [1.54, 1.807) is 28.8 Å². The third kappa shape index (κ3) is 2.36. The lowest BCUT2D eigenvalue weighted by Gasteiger charge is -2.16. The molecule has 1 amide bonds. The maximum absolute atomic E-state index is 12.2. The average molecular weight is 271 g/mol. The Labute approximate surface area is 110 Å². The topological polar surface area (TPSA) is 51.5 Å². The van der Waals surface area contributed by atoms with Gasteiger partial charge >= 0.3 is 5.97 Å². The first-order valence-electron chi connectivity index (χ1n) is 5.72. The summed E-state index contributed by atoms with van der Waals surface area (Å²) in [5.41, 5.74) is 0.533. The van der Waals surface area contributed by atoms with Crippen LogP contribution in [0.15, 0.2) is 12.3 Å². The number of hydrogen-bond donors (Lipinski definition) is 0. The minimum atomic E-state index is -0.254. The highest BCUT2D eigenvalue weighted by molar-refractivity contribution is 6.31. The van der Waals surface area contributed by atoms with Gasteiger partial charge in [-0.1, -0.05) is 11.6 Å². The summed E-state index contributed by atoms with van der Waals surface area (Å²) < 4.78 is 6.38. The van der Waals surface area contributed by atoms with E-state index < -0.39 is 0 Å². The fourth-order valence-corrected chi connectivity index (χ4v) is 2.45. The Morgan fingerprint density at radius 2 is 2.22 bits per heavy atom. The number of likely N-dealkylation sites (tertiary alicyclic amines) is 1. The van der Waals surface area contributed by atoms with Gasteiger partial charge in [0.1, 0.15) is 5.69 Å². The maximum Gasteiger partial charge on any atom is 0.310 e. The molecule has 1 fully saturated rings. The van der Waals surface area contributed by atoms with Gasteiger partial charge in [0.2, 0.25) is 0 Å². The molecule has 0 spiro atoms. The zero-order valence-corrected chi connectivity index (χ0v) is 11.1. The van der Waals surface area contributed by atoms with Crippen molar-refractivity contribution in [1.29, 1.82) is 0 Å². The van der Waals surface area contributed by atoms with Crippen LogP contribution in [0, 0.1) is 5.92 Å². The number of amides is 1. The Kier molecular flexibility index (Phi) is 3.61. The van der Waals surface area contributed by atoms with Gasteiger partial charge < -0.3 is 14.2 Å². The minimum Gasteiger partial charge on any atom is -0.469 e. The monoisotopic (exact) mass is 270 g/mol. The summed E-state index contributed by atoms with van der Waals surface area (Å²) in [4.78, 5) is 25.3. The molecule has 1 aromatic heterocycles. The van der Waals surface area contributed by atoms with E-state index in [2.05, 4.69) is 0 Å². The molecule has 1 aromatic rings. The second-order valence-corrected chi connectivity index (χ2v) is 4.85. The van der Waals surface area contributed by atoms with E-state index in [0.717, 1.165) is 0 Å². The average Bonchev–Trinajstić information content (AvgIpc) is 2.94. The summed E-state index contributed by atoms with van der Waals surface area (Å²) >= 11 is 5.85. The van der Waals surface area contributed by atoms with E-state index in [9.17, 15) is 9.59 Å². The molecule has 1 aliphatic rings. The fraction of sp³-hybridized carbons (Fsp3) is 0.500. The third-order valence-electron chi connectivity index (χ3n) is 3.20. The van der Waals surface area contributed by atoms with Gasteiger partial charge in [0, 0.05) is 26.3 Å². The maximum atomic E-state index is 12.2. The van der Waals surface area contributed by atoms with Crippen LogP contribution in [0.3, 0.4) is 0 Å². The molecule has 1 unspecified atom stereocenters. The third-order valence-corrected chi connectivity index (χ3v) is 3.41. The summed E-state index contributed by atoms with van der Waals surface area (Å²) in [5, 5.41) is 0.532. The Morgan fingerprint density at radius 1 is 1.50 bits per heavy atom. The van der Waals surface area contributed by atoms with E-state index in [4.69, 9.17) is 16.3 Å². The second kappa shape index (κ2) is 5.02. The van der Waals surface area contributed by atoms with Crippen molar-refractivity contribution in [3.8, 4) is 0 Å². The van der Waals surface area contributed by atoms with E-state index >= 15 is 0 Å². The van der Waals surface area contributed by atoms with Crippen LogP contribution < -0.4 is 0 Å². The zero-order chi connectivity index (χ0) is 13.3. The van der Waals surface area contributed by atoms with Gasteiger partial charge in [0.15, 0.2) is 0 Å². The van der Waals surface area contributed by atoms with Gasteiger partial charge in [-0.25, -0.2) is 0 Å². The molecule has 5 nitrogen and oxygen atoms in total. The van der Waals surface area contributed by atoms with Gasteiger partial charge in [0.25, 0.3) is 5.91 Å². The number of aromatic nitrogens is 1. The van der Waals surface area contributed by atoms with Crippen LogP contribution in [-0.4, -0.2) is 41.5 Å². The number of nitrogens with zero attached hydrogens (tertiary/aromatic N) is 2. The van der Waals surface area contributed by atoms with Crippen LogP contribution >= 0.6 is 11.6 Å². The first kappa shape index (κ1) is 13.0. The first-order chi connectivity index (χ1) is 8.52. The molecule has 0 N–H and O–H groups in total. The van der Waals surface area contributed by atoms with Crippen molar-refractivity contribution in [2.75, 3.05) is 20.2 Å². The smallest absolute Gasteiger partial charge is 0.310 e. The van der Waals surface area contributed by atoms with Crippen molar-refractivity contribution < 1.29 is 14.3 Å². The van der Waals surface area contributed by atoms with Crippen LogP contribution in [-0.2, 0) is 16.6 Å². The highest BCUT2D eigenvalue weighted by Crippen LogP contribution is 2.21. The molecule has 0 aromatic carbocycles. The lowest BCUT2D eigenvalue weighted by Crippen LogP contribution is -2.31. The molecule has 0 saturated carbocycles. The SMILES string of the molecule is COC(=O)C1CCN(C(=O)c2cc(Cl)cn2C)C1. The number of aryl methyl sites for hydroxylation is 1. The summed E-state index contributed by atoms with van der Waals surface area (Å²) in [7, 11) is 3.14. The van der Waals surface area contributed by atoms with E-state index in [-0.39, 0.29) is 17.8 Å². The van der Waals surface area contributed by atoms with E-state index in [1.165, 1.54) is 7.11 Å². The van der Waals surface area contributed by atoms with Gasteiger partial charge in [0.05, 0.1) is 18.1 Å². The molecule has 2 rings (SSSR count). The van der Waals surface area contributed by atoms with E-state index in [1.807, 2.05) is 0 Å². The molecule has 2 heterocycles. The highest BCUT2D eigenvalue weighted by Gasteiger charge is 2.32. The predicted molar refractivity (Wildman–Crippen MR) is 66.4 cm³/mol. The van der Waals surface area contributed by atoms with Crippen LogP contribution in [0.5, 0.6) is 0 Å². The summed E-state index contributed by atoms with van der Waals surface area (Å²) in [6, 6.07) is 1.63. The second-order valence-electron chi connectivity index (χ2n) is 4.41. The Hall–Kier alpha value is -1.49. The molecular formula is C12H15ClN2O3. The molecule has 1 atom stereocenters. The predicted octanol–water partition coefficient (Wildman–Crippen LogP) is 1.31. The van der Waals surface area contributed by atoms with Gasteiger partial charge in [-0.2, -0.15) is 0 Å². The van der Waals surface area contributed by atoms with Crippen LogP contribution in [0.4, 0.5) is 0 Å². The molecule has 6 heteroatoms. The standard InChI is InChI=1S/C12H15ClN2O3/c1-14-7-9(13)5-10(14)11(16)15-4-3-8(6-15)12(17)18-2/h5,7-8H,3-4,6H2,1-2H3. The molecule has 18 heavy (non-hydrogen) atoms. The van der Waals surface area contributed by atoms with Crippen molar-refractivity contribution >= 4 is 23.5 Å². The quantitative estimate of drug-likeness (QED) is 0.762. The summed E-state index contributed by atoms with van der Waals surface area (Å²) in [5.74, 6) is -0.569. The fourth-order valence-electron chi connectivity index (χ4n) is 2.20. The molecule has 0 aliphatic carbocycles. The van der Waals surface area contributed by atoms with Crippen molar-refractivity contribution in [1.82, 2.24) is 9.47 Å². The van der Waals surface area contributed by atoms with Crippen molar-refractivity contribution in [2.45, 2.75) is 6.42 Å². The molecule has 98 valence electrons. The number of ether oxygens (including phenoxy) is 1. The molecule has 1 aliphatic heterocycles. The minimum absolute atomic E-state index is 0.101. The van der Waals surface area contributed by atoms with Crippen LogP contribution in [0.2, 0.25) is 5.02 Å². The molecule has 0 radical (unpaired) electrons. The lowest BCUT2D eigenvalue weighted by molar-refractivity contribution is -0.144. The van der Waals surface area contributed by atoms with Crippen LogP contribution in [0.25, 0.3) is 0 Å². The van der Waals surface area contributed by atoms with Crippen molar-refractivity contribution in [2.24, 2.45) is 13.0 Å². The first-order valence-corrected chi connectivity index (χ1v) is 6.09. The normalized spacial score (nSPS) is 19.1. The zero-order valence-electron chi connectivity index (χ0n) is 10.4. The number of esters is 1. The lowest BCUT2D eigenvalue weighted by atomic mass is 10.1. The van der Waals surface area contributed by atoms with Crippen LogP contribution in [0.1, 0.15) is 16.9 Å². The number of carbonyl (C=O) groups is 2. The summed E-state index contributed by atoms with van der Waals surface area (Å²) in [6.45, 7) is 0.982. The molecular weight excluding hydrogens is 256 g/mol. The number of rotatable bonds is 2. The Balaban J connectivity index is 2.08. The number of carbonyl (C=O) groups excluding carboxylic acids is 2. The van der Waals surface area contributed by atoms with E-state index in [0.29, 0.717) is 30.2 Å². The summed E-state index contributed by atoms with van der Waals surface area (Å²) in [6.07, 6.45) is 2.33. The molecule has 0 bridgehead atoms. The largest absolute Gasteiger partial charge is 0.469 e. The van der Waals surface area contributed by atoms with Crippen molar-refractivity contribution in [3.05, 3.63) is 23.0 Å². The highest BCUT2D eigenvalue weighted by atomic mass is 35.5. The number of halogens is 1. The Morgan fingerprint density at radius 3 is 2.78 bits per heavy atom. The number of methoxy groups -OCH3 is 1. The number of hydrogen-bond acceptors (Lipinski definition) is 3. The van der Waals surface area contributed by atoms with Crippen molar-refractivity contribution in [3.63, 3.8) is 0 Å². The van der Waals surface area contributed by atoms with Gasteiger partial charge in [-0.3, -0.25) is 9.59 Å². The van der Waals surface area contributed by atoms with Gasteiger partial charge in [-0.05, 0) is 12.5 Å².